The molecule has 0 spiro atoms. The van der Waals surface area contributed by atoms with E-state index >= 15 is 0 Å². The minimum Gasteiger partial charge on any atom is -0.497 e. The van der Waals surface area contributed by atoms with Crippen LogP contribution in [0.4, 0.5) is 0 Å². The van der Waals surface area contributed by atoms with Crippen molar-refractivity contribution in [2.45, 2.75) is 45.6 Å². The predicted octanol–water partition coefficient (Wildman–Crippen LogP) is 3.57. The maximum absolute atomic E-state index is 5.83. The number of hydrogen-bond acceptors (Lipinski definition) is 3. The summed E-state index contributed by atoms with van der Waals surface area (Å²) in [6.07, 6.45) is 4.83. The average Bonchev–Trinajstić information content (AvgIpc) is 2.53. The van der Waals surface area contributed by atoms with E-state index < -0.39 is 0 Å². The number of nitrogens with two attached hydrogens (primary N) is 1. The first-order valence-electron chi connectivity index (χ1n) is 8.00. The number of hydrogen-bond donors (Lipinski definition) is 2. The van der Waals surface area contributed by atoms with Crippen LogP contribution in [0.25, 0.3) is 0 Å². The second kappa shape index (κ2) is 13.3. The lowest BCUT2D eigenvalue weighted by molar-refractivity contribution is 0.230. The first-order valence-corrected chi connectivity index (χ1v) is 8.00. The molecular weight excluding hydrogens is 405 g/mol. The van der Waals surface area contributed by atoms with E-state index in [0.29, 0.717) is 12.5 Å². The van der Waals surface area contributed by atoms with Crippen LogP contribution in [0, 0.1) is 0 Å². The number of nitrogens with one attached hydrogen (secondary N) is 1. The Morgan fingerprint density at radius 2 is 1.83 bits per heavy atom. The zero-order valence-electron chi connectivity index (χ0n) is 14.4. The molecular formula is C17H30IN3O2. The molecule has 0 saturated heterocycles. The van der Waals surface area contributed by atoms with Gasteiger partial charge in [-0.3, -0.25) is 0 Å². The average molecular weight is 435 g/mol. The highest BCUT2D eigenvalue weighted by Crippen LogP contribution is 2.18. The molecule has 0 heterocycles. The van der Waals surface area contributed by atoms with Crippen LogP contribution < -0.4 is 20.5 Å². The molecule has 0 bridgehead atoms. The third kappa shape index (κ3) is 10.3. The smallest absolute Gasteiger partial charge is 0.188 e. The van der Waals surface area contributed by atoms with Crippen molar-refractivity contribution < 1.29 is 9.47 Å². The molecule has 1 rings (SSSR count). The highest BCUT2D eigenvalue weighted by molar-refractivity contribution is 14.0. The molecule has 0 saturated carbocycles. The van der Waals surface area contributed by atoms with Crippen LogP contribution in [0.5, 0.6) is 11.5 Å². The van der Waals surface area contributed by atoms with Crippen LogP contribution >= 0.6 is 24.0 Å². The minimum atomic E-state index is -0.0335. The maximum atomic E-state index is 5.83. The molecule has 1 aromatic rings. The summed E-state index contributed by atoms with van der Waals surface area (Å²) < 4.78 is 10.9. The van der Waals surface area contributed by atoms with E-state index in [0.717, 1.165) is 24.5 Å². The first kappa shape index (κ1) is 21.8. The van der Waals surface area contributed by atoms with E-state index in [4.69, 9.17) is 15.2 Å². The molecule has 0 aromatic heterocycles. The zero-order valence-corrected chi connectivity index (χ0v) is 16.7. The lowest BCUT2D eigenvalue weighted by Crippen LogP contribution is -2.33. The fraction of sp³-hybridized carbons (Fsp3) is 0.588. The second-order valence-corrected chi connectivity index (χ2v) is 5.32. The third-order valence-corrected chi connectivity index (χ3v) is 3.25. The van der Waals surface area contributed by atoms with E-state index in [1.54, 1.807) is 7.11 Å². The van der Waals surface area contributed by atoms with E-state index in [2.05, 4.69) is 17.2 Å². The van der Waals surface area contributed by atoms with Crippen molar-refractivity contribution in [2.75, 3.05) is 20.2 Å². The topological polar surface area (TPSA) is 68.9 Å². The van der Waals surface area contributed by atoms with E-state index in [-0.39, 0.29) is 30.1 Å². The molecule has 0 fully saturated rings. The summed E-state index contributed by atoms with van der Waals surface area (Å²) >= 11 is 0. The van der Waals surface area contributed by atoms with Crippen molar-refractivity contribution >= 4 is 29.9 Å². The Hall–Kier alpha value is -1.18. The maximum Gasteiger partial charge on any atom is 0.188 e. The molecule has 1 aromatic carbocycles. The lowest BCUT2D eigenvalue weighted by Gasteiger charge is -2.13. The van der Waals surface area contributed by atoms with Crippen LogP contribution in [0.1, 0.15) is 39.5 Å². The number of ether oxygens (including phenoxy) is 2. The molecule has 1 unspecified atom stereocenters. The molecule has 0 aliphatic carbocycles. The van der Waals surface area contributed by atoms with Gasteiger partial charge in [-0.15, -0.1) is 24.0 Å². The van der Waals surface area contributed by atoms with Crippen molar-refractivity contribution in [3.05, 3.63) is 24.3 Å². The van der Waals surface area contributed by atoms with Gasteiger partial charge in [0.05, 0.1) is 13.7 Å². The van der Waals surface area contributed by atoms with Crippen LogP contribution in [0.3, 0.4) is 0 Å². The zero-order chi connectivity index (χ0) is 16.2. The first-order chi connectivity index (χ1) is 10.7. The van der Waals surface area contributed by atoms with E-state index in [9.17, 15) is 0 Å². The fourth-order valence-electron chi connectivity index (χ4n) is 1.97. The van der Waals surface area contributed by atoms with Crippen LogP contribution in [0.2, 0.25) is 0 Å². The van der Waals surface area contributed by atoms with Gasteiger partial charge in [-0.1, -0.05) is 26.2 Å². The van der Waals surface area contributed by atoms with Gasteiger partial charge in [0.2, 0.25) is 0 Å². The Balaban J connectivity index is 0.00000484. The summed E-state index contributed by atoms with van der Waals surface area (Å²) in [6, 6.07) is 7.51. The van der Waals surface area contributed by atoms with Gasteiger partial charge in [-0.05, 0) is 37.6 Å². The van der Waals surface area contributed by atoms with Crippen LogP contribution in [0.15, 0.2) is 29.3 Å². The van der Waals surface area contributed by atoms with Gasteiger partial charge < -0.3 is 20.5 Å². The number of unbranched alkanes of at least 4 members (excludes halogenated alkanes) is 3. The standard InChI is InChI=1S/C17H29N3O2.HI/c1-4-5-6-7-12-19-17(18)20-13-14(2)22-16-10-8-15(21-3)9-11-16;/h8-11,14H,4-7,12-13H2,1-3H3,(H3,18,19,20);1H. The summed E-state index contributed by atoms with van der Waals surface area (Å²) in [5.41, 5.74) is 5.83. The van der Waals surface area contributed by atoms with Crippen molar-refractivity contribution in [3.8, 4) is 11.5 Å². The number of guanidine groups is 1. The Bertz CT molecular complexity index is 438. The number of methoxy groups -OCH3 is 1. The monoisotopic (exact) mass is 435 g/mol. The highest BCUT2D eigenvalue weighted by atomic mass is 127. The summed E-state index contributed by atoms with van der Waals surface area (Å²) in [4.78, 5) is 4.31. The summed E-state index contributed by atoms with van der Waals surface area (Å²) in [6.45, 7) is 5.58. The van der Waals surface area contributed by atoms with Gasteiger partial charge in [0, 0.05) is 6.54 Å². The quantitative estimate of drug-likeness (QED) is 0.255. The molecule has 6 heteroatoms. The Kier molecular flexibility index (Phi) is 12.6. The molecule has 5 nitrogen and oxygen atoms in total. The lowest BCUT2D eigenvalue weighted by atomic mass is 10.2. The third-order valence-electron chi connectivity index (χ3n) is 3.25. The highest BCUT2D eigenvalue weighted by Gasteiger charge is 2.04. The van der Waals surface area contributed by atoms with Crippen molar-refractivity contribution in [2.24, 2.45) is 10.7 Å². The fourth-order valence-corrected chi connectivity index (χ4v) is 1.97. The number of rotatable bonds is 10. The number of benzene rings is 1. The number of halogens is 1. The summed E-state index contributed by atoms with van der Waals surface area (Å²) in [7, 11) is 1.64. The van der Waals surface area contributed by atoms with Crippen molar-refractivity contribution in [3.63, 3.8) is 0 Å². The molecule has 0 aliphatic heterocycles. The van der Waals surface area contributed by atoms with Gasteiger partial charge in [0.1, 0.15) is 17.6 Å². The molecule has 0 radical (unpaired) electrons. The molecule has 0 aliphatic rings. The van der Waals surface area contributed by atoms with Gasteiger partial charge in [-0.2, -0.15) is 0 Å². The van der Waals surface area contributed by atoms with E-state index in [1.807, 2.05) is 31.2 Å². The van der Waals surface area contributed by atoms with Gasteiger partial charge in [-0.25, -0.2) is 4.99 Å². The predicted molar refractivity (Wildman–Crippen MR) is 107 cm³/mol. The molecule has 0 amide bonds. The SMILES string of the molecule is CCCCCCNC(N)=NCC(C)Oc1ccc(OC)cc1.I. The Morgan fingerprint density at radius 3 is 2.43 bits per heavy atom. The van der Waals surface area contributed by atoms with Gasteiger partial charge in [0.15, 0.2) is 5.96 Å². The second-order valence-electron chi connectivity index (χ2n) is 5.32. The minimum absolute atomic E-state index is 0. The Morgan fingerprint density at radius 1 is 1.17 bits per heavy atom. The normalized spacial score (nSPS) is 12.2. The van der Waals surface area contributed by atoms with Gasteiger partial charge in [0.25, 0.3) is 0 Å². The van der Waals surface area contributed by atoms with Crippen LogP contribution in [-0.4, -0.2) is 32.3 Å². The molecule has 1 atom stereocenters. The van der Waals surface area contributed by atoms with Crippen molar-refractivity contribution in [1.82, 2.24) is 5.32 Å². The summed E-state index contributed by atoms with van der Waals surface area (Å²) in [5.74, 6) is 2.10. The van der Waals surface area contributed by atoms with Gasteiger partial charge >= 0.3 is 0 Å². The van der Waals surface area contributed by atoms with Crippen LogP contribution in [-0.2, 0) is 0 Å². The molecule has 3 N–H and O–H groups in total. The Labute approximate surface area is 157 Å². The molecule has 23 heavy (non-hydrogen) atoms. The largest absolute Gasteiger partial charge is 0.497 e. The molecule has 132 valence electrons. The summed E-state index contributed by atoms with van der Waals surface area (Å²) in [5, 5.41) is 3.13. The number of nitrogens with zero attached hydrogens (tertiary/aromatic N) is 1. The van der Waals surface area contributed by atoms with Crippen molar-refractivity contribution in [1.29, 1.82) is 0 Å². The number of aliphatic imine (C=N–C) groups is 1. The van der Waals surface area contributed by atoms with E-state index in [1.165, 1.54) is 19.3 Å².